The van der Waals surface area contributed by atoms with E-state index in [0.29, 0.717) is 17.9 Å². The Labute approximate surface area is 236 Å². The van der Waals surface area contributed by atoms with Gasteiger partial charge in [0.25, 0.3) is 11.8 Å². The van der Waals surface area contributed by atoms with E-state index in [4.69, 9.17) is 0 Å². The zero-order chi connectivity index (χ0) is 27.9. The molecule has 2 aromatic carbocycles. The fourth-order valence-corrected chi connectivity index (χ4v) is 5.82. The van der Waals surface area contributed by atoms with E-state index < -0.39 is 0 Å². The van der Waals surface area contributed by atoms with Crippen LogP contribution in [0.5, 0.6) is 0 Å². The van der Waals surface area contributed by atoms with Crippen molar-refractivity contribution in [3.63, 3.8) is 0 Å². The highest BCUT2D eigenvalue weighted by Crippen LogP contribution is 2.24. The standard InChI is InChI=1S/C33H48N4O2/c1-6-34-16-18-36(19-17-34)32(38)29-14-12-28(13-15-29)26(4)10-11-27(5)35-20-22-37(23-21-35)33(39)31-9-7-8-30(24-31)25(2)3/h7-9,12-15,24-27H,6,10-11,16-23H2,1-5H3. The number of carbonyl (C=O) groups excluding carboxylic acids is 2. The van der Waals surface area contributed by atoms with Crippen molar-refractivity contribution < 1.29 is 9.59 Å². The summed E-state index contributed by atoms with van der Waals surface area (Å²) in [5, 5.41) is 0. The maximum atomic E-state index is 13.1. The Morgan fingerprint density at radius 1 is 0.692 bits per heavy atom. The third-order valence-electron chi connectivity index (χ3n) is 8.88. The molecule has 2 atom stereocenters. The van der Waals surface area contributed by atoms with Crippen LogP contribution in [0, 0.1) is 0 Å². The minimum absolute atomic E-state index is 0.156. The van der Waals surface area contributed by atoms with Gasteiger partial charge < -0.3 is 14.7 Å². The third kappa shape index (κ3) is 7.49. The molecule has 0 aliphatic carbocycles. The molecule has 2 aliphatic rings. The molecule has 4 rings (SSSR count). The Morgan fingerprint density at radius 2 is 1.28 bits per heavy atom. The summed E-state index contributed by atoms with van der Waals surface area (Å²) >= 11 is 0. The van der Waals surface area contributed by atoms with Gasteiger partial charge in [0.1, 0.15) is 0 Å². The molecule has 39 heavy (non-hydrogen) atoms. The molecule has 2 fully saturated rings. The maximum Gasteiger partial charge on any atom is 0.253 e. The van der Waals surface area contributed by atoms with Crippen LogP contribution in [-0.4, -0.2) is 96.4 Å². The number of hydrogen-bond acceptors (Lipinski definition) is 4. The van der Waals surface area contributed by atoms with Crippen LogP contribution in [0.25, 0.3) is 0 Å². The predicted octanol–water partition coefficient (Wildman–Crippen LogP) is 5.32. The van der Waals surface area contributed by atoms with E-state index >= 15 is 0 Å². The van der Waals surface area contributed by atoms with Crippen molar-refractivity contribution in [1.82, 2.24) is 19.6 Å². The predicted molar refractivity (Wildman–Crippen MR) is 160 cm³/mol. The van der Waals surface area contributed by atoms with Gasteiger partial charge >= 0.3 is 0 Å². The van der Waals surface area contributed by atoms with E-state index in [1.54, 1.807) is 0 Å². The molecule has 2 aliphatic heterocycles. The molecule has 2 aromatic rings. The summed E-state index contributed by atoms with van der Waals surface area (Å²) in [4.78, 5) is 34.9. The normalized spacial score (nSPS) is 18.8. The zero-order valence-corrected chi connectivity index (χ0v) is 24.7. The number of nitrogens with zero attached hydrogens (tertiary/aromatic N) is 4. The van der Waals surface area contributed by atoms with Crippen molar-refractivity contribution in [2.75, 3.05) is 58.9 Å². The van der Waals surface area contributed by atoms with E-state index in [1.165, 1.54) is 11.1 Å². The molecule has 212 valence electrons. The van der Waals surface area contributed by atoms with Gasteiger partial charge in [-0.2, -0.15) is 0 Å². The quantitative estimate of drug-likeness (QED) is 0.439. The van der Waals surface area contributed by atoms with Crippen LogP contribution in [0.1, 0.15) is 91.1 Å². The van der Waals surface area contributed by atoms with E-state index in [0.717, 1.165) is 82.9 Å². The van der Waals surface area contributed by atoms with Gasteiger partial charge in [-0.3, -0.25) is 14.5 Å². The molecule has 0 N–H and O–H groups in total. The SMILES string of the molecule is CCN1CCN(C(=O)c2ccc(C(C)CCC(C)N3CCN(C(=O)c4cccc(C(C)C)c4)CC3)cc2)CC1. The third-order valence-corrected chi connectivity index (χ3v) is 8.88. The fourth-order valence-electron chi connectivity index (χ4n) is 5.82. The molecular weight excluding hydrogens is 484 g/mol. The van der Waals surface area contributed by atoms with E-state index in [9.17, 15) is 9.59 Å². The lowest BCUT2D eigenvalue weighted by atomic mass is 9.93. The summed E-state index contributed by atoms with van der Waals surface area (Å²) in [6, 6.07) is 16.9. The monoisotopic (exact) mass is 532 g/mol. The average Bonchev–Trinajstić information content (AvgIpc) is 2.99. The largest absolute Gasteiger partial charge is 0.336 e. The average molecular weight is 533 g/mol. The van der Waals surface area contributed by atoms with Crippen LogP contribution in [0.2, 0.25) is 0 Å². The Bertz CT molecular complexity index is 1080. The molecule has 2 heterocycles. The molecule has 2 amide bonds. The lowest BCUT2D eigenvalue weighted by Crippen LogP contribution is -2.51. The number of piperazine rings is 2. The first kappa shape index (κ1) is 29.3. The van der Waals surface area contributed by atoms with Crippen LogP contribution in [0.4, 0.5) is 0 Å². The second kappa shape index (κ2) is 13.6. The maximum absolute atomic E-state index is 13.1. The highest BCUT2D eigenvalue weighted by molar-refractivity contribution is 5.95. The summed E-state index contributed by atoms with van der Waals surface area (Å²) in [7, 11) is 0. The van der Waals surface area contributed by atoms with Crippen LogP contribution < -0.4 is 0 Å². The van der Waals surface area contributed by atoms with Crippen LogP contribution in [0.3, 0.4) is 0 Å². The van der Waals surface area contributed by atoms with Gasteiger partial charge in [0.05, 0.1) is 0 Å². The van der Waals surface area contributed by atoms with Crippen LogP contribution in [0.15, 0.2) is 48.5 Å². The topological polar surface area (TPSA) is 47.1 Å². The van der Waals surface area contributed by atoms with E-state index in [-0.39, 0.29) is 11.8 Å². The fraction of sp³-hybridized carbons (Fsp3) is 0.576. The van der Waals surface area contributed by atoms with Gasteiger partial charge in [0.2, 0.25) is 0 Å². The first-order valence-electron chi connectivity index (χ1n) is 15.0. The van der Waals surface area contributed by atoms with Gasteiger partial charge in [0, 0.05) is 69.5 Å². The number of carbonyl (C=O) groups is 2. The highest BCUT2D eigenvalue weighted by atomic mass is 16.2. The van der Waals surface area contributed by atoms with Crippen molar-refractivity contribution >= 4 is 11.8 Å². The van der Waals surface area contributed by atoms with Crippen LogP contribution >= 0.6 is 0 Å². The lowest BCUT2D eigenvalue weighted by Gasteiger charge is -2.38. The van der Waals surface area contributed by atoms with E-state index in [2.05, 4.69) is 68.7 Å². The van der Waals surface area contributed by atoms with E-state index in [1.807, 2.05) is 34.1 Å². The Kier molecular flexibility index (Phi) is 10.2. The first-order chi connectivity index (χ1) is 18.8. The minimum Gasteiger partial charge on any atom is -0.336 e. The molecule has 6 nitrogen and oxygen atoms in total. The number of hydrogen-bond donors (Lipinski definition) is 0. The smallest absolute Gasteiger partial charge is 0.253 e. The first-order valence-corrected chi connectivity index (χ1v) is 15.0. The highest BCUT2D eigenvalue weighted by Gasteiger charge is 2.26. The summed E-state index contributed by atoms with van der Waals surface area (Å²) in [5.74, 6) is 1.18. The molecule has 0 saturated carbocycles. The number of amides is 2. The molecular formula is C33H48N4O2. The Hall–Kier alpha value is -2.70. The van der Waals surface area contributed by atoms with Crippen LogP contribution in [-0.2, 0) is 0 Å². The molecule has 2 saturated heterocycles. The Balaban J connectivity index is 1.22. The molecule has 2 unspecified atom stereocenters. The van der Waals surface area contributed by atoms with Crippen molar-refractivity contribution in [3.05, 3.63) is 70.8 Å². The van der Waals surface area contributed by atoms with Crippen molar-refractivity contribution in [2.45, 2.75) is 65.3 Å². The number of rotatable bonds is 9. The molecule has 0 radical (unpaired) electrons. The van der Waals surface area contributed by atoms with Gasteiger partial charge in [-0.05, 0) is 73.5 Å². The second-order valence-corrected chi connectivity index (χ2v) is 11.8. The van der Waals surface area contributed by atoms with Gasteiger partial charge in [0.15, 0.2) is 0 Å². The molecule has 0 aromatic heterocycles. The summed E-state index contributed by atoms with van der Waals surface area (Å²) < 4.78 is 0. The van der Waals surface area contributed by atoms with Crippen molar-refractivity contribution in [1.29, 1.82) is 0 Å². The van der Waals surface area contributed by atoms with Crippen molar-refractivity contribution in [3.8, 4) is 0 Å². The van der Waals surface area contributed by atoms with Gasteiger partial charge in [-0.25, -0.2) is 0 Å². The number of likely N-dealkylation sites (N-methyl/N-ethyl adjacent to an activating group) is 1. The summed E-state index contributed by atoms with van der Waals surface area (Å²) in [5.41, 5.74) is 4.12. The molecule has 0 bridgehead atoms. The minimum atomic E-state index is 0.156. The second-order valence-electron chi connectivity index (χ2n) is 11.8. The summed E-state index contributed by atoms with van der Waals surface area (Å²) in [6.07, 6.45) is 2.22. The number of benzene rings is 2. The van der Waals surface area contributed by atoms with Gasteiger partial charge in [-0.1, -0.05) is 52.0 Å². The Morgan fingerprint density at radius 3 is 1.87 bits per heavy atom. The van der Waals surface area contributed by atoms with Gasteiger partial charge in [-0.15, -0.1) is 0 Å². The van der Waals surface area contributed by atoms with Crippen molar-refractivity contribution in [2.24, 2.45) is 0 Å². The lowest BCUT2D eigenvalue weighted by molar-refractivity contribution is 0.0572. The molecule has 0 spiro atoms. The molecule has 6 heteroatoms. The summed E-state index contributed by atoms with van der Waals surface area (Å²) in [6.45, 7) is 19.1. The zero-order valence-electron chi connectivity index (χ0n) is 24.7.